The van der Waals surface area contributed by atoms with Crippen molar-refractivity contribution in [3.8, 4) is 0 Å². The van der Waals surface area contributed by atoms with E-state index in [1.165, 1.54) is 6.20 Å². The zero-order valence-corrected chi connectivity index (χ0v) is 15.4. The number of aromatic nitrogens is 2. The van der Waals surface area contributed by atoms with E-state index in [0.717, 1.165) is 16.8 Å². The molecule has 0 bridgehead atoms. The van der Waals surface area contributed by atoms with Crippen molar-refractivity contribution >= 4 is 29.0 Å². The van der Waals surface area contributed by atoms with Crippen molar-refractivity contribution < 1.29 is 4.79 Å². The summed E-state index contributed by atoms with van der Waals surface area (Å²) in [6.07, 6.45) is 3.04. The molecule has 3 rings (SSSR count). The predicted molar refractivity (Wildman–Crippen MR) is 104 cm³/mol. The standard InChI is InChI=1S/C20H19ClN4O/c1-14-10-16(21)8-9-17(14)24-19-12-22-18(11-23-19)20(26)25(2)13-15-6-4-3-5-7-15/h3-12H,13H2,1-2H3,(H,23,24). The molecule has 0 saturated heterocycles. The molecule has 0 unspecified atom stereocenters. The fraction of sp³-hybridized carbons (Fsp3) is 0.150. The molecule has 1 amide bonds. The minimum absolute atomic E-state index is 0.171. The summed E-state index contributed by atoms with van der Waals surface area (Å²) < 4.78 is 0. The summed E-state index contributed by atoms with van der Waals surface area (Å²) in [5, 5.41) is 3.86. The molecule has 0 atom stereocenters. The normalized spacial score (nSPS) is 10.4. The highest BCUT2D eigenvalue weighted by atomic mass is 35.5. The summed E-state index contributed by atoms with van der Waals surface area (Å²) in [6.45, 7) is 2.48. The molecule has 0 spiro atoms. The Labute approximate surface area is 157 Å². The monoisotopic (exact) mass is 366 g/mol. The van der Waals surface area contributed by atoms with Crippen LogP contribution >= 0.6 is 11.6 Å². The zero-order chi connectivity index (χ0) is 18.5. The van der Waals surface area contributed by atoms with Gasteiger partial charge in [0.1, 0.15) is 11.5 Å². The Hall–Kier alpha value is -2.92. The number of aryl methyl sites for hydroxylation is 1. The summed E-state index contributed by atoms with van der Waals surface area (Å²) in [4.78, 5) is 22.7. The molecule has 1 N–H and O–H groups in total. The van der Waals surface area contributed by atoms with Gasteiger partial charge >= 0.3 is 0 Å². The van der Waals surface area contributed by atoms with Crippen molar-refractivity contribution in [2.45, 2.75) is 13.5 Å². The first-order valence-corrected chi connectivity index (χ1v) is 8.55. The number of hydrogen-bond donors (Lipinski definition) is 1. The Kier molecular flexibility index (Phi) is 5.49. The van der Waals surface area contributed by atoms with E-state index in [9.17, 15) is 4.79 Å². The van der Waals surface area contributed by atoms with Gasteiger partial charge in [0.2, 0.25) is 0 Å². The Morgan fingerprint density at radius 3 is 2.54 bits per heavy atom. The van der Waals surface area contributed by atoms with Crippen LogP contribution < -0.4 is 5.32 Å². The third-order valence-electron chi connectivity index (χ3n) is 3.93. The number of nitrogens with zero attached hydrogens (tertiary/aromatic N) is 3. The van der Waals surface area contributed by atoms with Gasteiger partial charge in [-0.15, -0.1) is 0 Å². The van der Waals surface area contributed by atoms with Crippen molar-refractivity contribution in [2.75, 3.05) is 12.4 Å². The zero-order valence-electron chi connectivity index (χ0n) is 14.6. The summed E-state index contributed by atoms with van der Waals surface area (Å²) in [6, 6.07) is 15.4. The van der Waals surface area contributed by atoms with Gasteiger partial charge in [-0.3, -0.25) is 4.79 Å². The van der Waals surface area contributed by atoms with Gasteiger partial charge in [-0.25, -0.2) is 9.97 Å². The lowest BCUT2D eigenvalue weighted by Crippen LogP contribution is -2.27. The van der Waals surface area contributed by atoms with Crippen LogP contribution in [0.1, 0.15) is 21.6 Å². The topological polar surface area (TPSA) is 58.1 Å². The van der Waals surface area contributed by atoms with E-state index in [1.54, 1.807) is 24.2 Å². The first-order valence-electron chi connectivity index (χ1n) is 8.17. The second kappa shape index (κ2) is 7.97. The van der Waals surface area contributed by atoms with Crippen LogP contribution in [0, 0.1) is 6.92 Å². The molecule has 5 nitrogen and oxygen atoms in total. The molecule has 1 aromatic heterocycles. The first kappa shape index (κ1) is 17.9. The maximum Gasteiger partial charge on any atom is 0.274 e. The molecule has 0 radical (unpaired) electrons. The molecule has 0 aliphatic carbocycles. The smallest absolute Gasteiger partial charge is 0.274 e. The predicted octanol–water partition coefficient (Wildman–Crippen LogP) is 4.45. The van der Waals surface area contributed by atoms with Crippen molar-refractivity contribution in [2.24, 2.45) is 0 Å². The van der Waals surface area contributed by atoms with Gasteiger partial charge in [0.05, 0.1) is 12.4 Å². The largest absolute Gasteiger partial charge is 0.339 e. The molecule has 0 aliphatic heterocycles. The Morgan fingerprint density at radius 2 is 1.88 bits per heavy atom. The van der Waals surface area contributed by atoms with E-state index in [1.807, 2.05) is 49.4 Å². The van der Waals surface area contributed by atoms with Crippen LogP contribution in [0.3, 0.4) is 0 Å². The first-order chi connectivity index (χ1) is 12.5. The second-order valence-corrected chi connectivity index (χ2v) is 6.45. The maximum absolute atomic E-state index is 12.5. The number of carbonyl (C=O) groups is 1. The fourth-order valence-electron chi connectivity index (χ4n) is 2.53. The lowest BCUT2D eigenvalue weighted by atomic mass is 10.2. The number of benzene rings is 2. The van der Waals surface area contributed by atoms with Crippen LogP contribution in [0.4, 0.5) is 11.5 Å². The molecule has 0 aliphatic rings. The number of hydrogen-bond acceptors (Lipinski definition) is 4. The lowest BCUT2D eigenvalue weighted by molar-refractivity contribution is 0.0779. The molecule has 3 aromatic rings. The number of rotatable bonds is 5. The quantitative estimate of drug-likeness (QED) is 0.724. The Bertz CT molecular complexity index is 897. The van der Waals surface area contributed by atoms with Crippen LogP contribution in [0.2, 0.25) is 5.02 Å². The third kappa shape index (κ3) is 4.37. The van der Waals surface area contributed by atoms with Gasteiger partial charge in [-0.2, -0.15) is 0 Å². The van der Waals surface area contributed by atoms with Gasteiger partial charge < -0.3 is 10.2 Å². The van der Waals surface area contributed by atoms with E-state index in [-0.39, 0.29) is 5.91 Å². The summed E-state index contributed by atoms with van der Waals surface area (Å²) in [7, 11) is 1.75. The minimum atomic E-state index is -0.171. The second-order valence-electron chi connectivity index (χ2n) is 6.02. The third-order valence-corrected chi connectivity index (χ3v) is 4.17. The van der Waals surface area contributed by atoms with Gasteiger partial charge in [0.25, 0.3) is 5.91 Å². The molecule has 26 heavy (non-hydrogen) atoms. The molecule has 6 heteroatoms. The number of amides is 1. The Balaban J connectivity index is 1.67. The van der Waals surface area contributed by atoms with Crippen molar-refractivity contribution in [1.82, 2.24) is 14.9 Å². The van der Waals surface area contributed by atoms with Crippen LogP contribution in [-0.2, 0) is 6.54 Å². The van der Waals surface area contributed by atoms with E-state index < -0.39 is 0 Å². The van der Waals surface area contributed by atoms with E-state index in [4.69, 9.17) is 11.6 Å². The number of nitrogens with one attached hydrogen (secondary N) is 1. The highest BCUT2D eigenvalue weighted by molar-refractivity contribution is 6.30. The van der Waals surface area contributed by atoms with Gasteiger partial charge in [-0.1, -0.05) is 41.9 Å². The molecule has 1 heterocycles. The molecule has 2 aromatic carbocycles. The molecular formula is C20H19ClN4O. The van der Waals surface area contributed by atoms with Crippen molar-refractivity contribution in [3.05, 3.63) is 82.8 Å². The highest BCUT2D eigenvalue weighted by Gasteiger charge is 2.14. The SMILES string of the molecule is Cc1cc(Cl)ccc1Nc1cnc(C(=O)N(C)Cc2ccccc2)cn1. The van der Waals surface area contributed by atoms with E-state index in [2.05, 4.69) is 15.3 Å². The number of anilines is 2. The summed E-state index contributed by atoms with van der Waals surface area (Å²) >= 11 is 5.97. The maximum atomic E-state index is 12.5. The summed E-state index contributed by atoms with van der Waals surface area (Å²) in [5.74, 6) is 0.397. The number of halogens is 1. The van der Waals surface area contributed by atoms with Crippen LogP contribution in [0.15, 0.2) is 60.9 Å². The fourth-order valence-corrected chi connectivity index (χ4v) is 2.76. The van der Waals surface area contributed by atoms with E-state index in [0.29, 0.717) is 23.1 Å². The van der Waals surface area contributed by atoms with Gasteiger partial charge in [-0.05, 0) is 36.2 Å². The highest BCUT2D eigenvalue weighted by Crippen LogP contribution is 2.22. The van der Waals surface area contributed by atoms with Crippen LogP contribution in [0.5, 0.6) is 0 Å². The Morgan fingerprint density at radius 1 is 1.12 bits per heavy atom. The molecule has 0 saturated carbocycles. The molecule has 132 valence electrons. The summed E-state index contributed by atoms with van der Waals surface area (Å²) in [5.41, 5.74) is 3.26. The lowest BCUT2D eigenvalue weighted by Gasteiger charge is -2.16. The average Bonchev–Trinajstić information content (AvgIpc) is 2.65. The number of carbonyl (C=O) groups excluding carboxylic acids is 1. The van der Waals surface area contributed by atoms with Crippen molar-refractivity contribution in [1.29, 1.82) is 0 Å². The van der Waals surface area contributed by atoms with E-state index >= 15 is 0 Å². The van der Waals surface area contributed by atoms with Crippen LogP contribution in [0.25, 0.3) is 0 Å². The van der Waals surface area contributed by atoms with Gasteiger partial charge in [0.15, 0.2) is 0 Å². The van der Waals surface area contributed by atoms with Crippen molar-refractivity contribution in [3.63, 3.8) is 0 Å². The van der Waals surface area contributed by atoms with Gasteiger partial charge in [0, 0.05) is 24.3 Å². The molecular weight excluding hydrogens is 348 g/mol. The van der Waals surface area contributed by atoms with Crippen LogP contribution in [-0.4, -0.2) is 27.8 Å². The minimum Gasteiger partial charge on any atom is -0.339 e. The average molecular weight is 367 g/mol. The molecule has 0 fully saturated rings.